The molecular weight excluding hydrogens is 256 g/mol. The zero-order valence-electron chi connectivity index (χ0n) is 12.4. The maximum absolute atomic E-state index is 12.0. The van der Waals surface area contributed by atoms with Gasteiger partial charge in [0.15, 0.2) is 0 Å². The Morgan fingerprint density at radius 2 is 2.05 bits per heavy atom. The van der Waals surface area contributed by atoms with E-state index in [-0.39, 0.29) is 11.9 Å². The highest BCUT2D eigenvalue weighted by molar-refractivity contribution is 7.10. The Bertz CT molecular complexity index is 360. The average Bonchev–Trinajstić information content (AvgIpc) is 2.84. The summed E-state index contributed by atoms with van der Waals surface area (Å²) in [6.45, 7) is 9.42. The predicted molar refractivity (Wildman–Crippen MR) is 82.4 cm³/mol. The molecule has 4 heteroatoms. The van der Waals surface area contributed by atoms with Crippen LogP contribution in [0.5, 0.6) is 0 Å². The van der Waals surface area contributed by atoms with Crippen LogP contribution in [0.3, 0.4) is 0 Å². The van der Waals surface area contributed by atoms with Crippen molar-refractivity contribution in [2.75, 3.05) is 6.54 Å². The summed E-state index contributed by atoms with van der Waals surface area (Å²) in [4.78, 5) is 13.2. The lowest BCUT2D eigenvalue weighted by Gasteiger charge is -2.21. The number of carbonyl (C=O) groups excluding carboxylic acids is 1. The SMILES string of the molecule is CC(C)NCCCC(=O)NC(c1cccs1)C(C)C. The Balaban J connectivity index is 2.36. The number of amides is 1. The maximum Gasteiger partial charge on any atom is 0.220 e. The van der Waals surface area contributed by atoms with Crippen molar-refractivity contribution >= 4 is 17.2 Å². The molecule has 0 fully saturated rings. The third-order valence-electron chi connectivity index (χ3n) is 2.97. The van der Waals surface area contributed by atoms with Crippen molar-refractivity contribution in [2.45, 2.75) is 52.6 Å². The number of carbonyl (C=O) groups is 1. The van der Waals surface area contributed by atoms with E-state index in [1.165, 1.54) is 4.88 Å². The van der Waals surface area contributed by atoms with Crippen molar-refractivity contribution < 1.29 is 4.79 Å². The third-order valence-corrected chi connectivity index (χ3v) is 3.92. The van der Waals surface area contributed by atoms with Crippen LogP contribution in [-0.2, 0) is 4.79 Å². The van der Waals surface area contributed by atoms with Crippen molar-refractivity contribution in [3.05, 3.63) is 22.4 Å². The van der Waals surface area contributed by atoms with E-state index >= 15 is 0 Å². The molecule has 2 N–H and O–H groups in total. The van der Waals surface area contributed by atoms with Gasteiger partial charge in [0.05, 0.1) is 6.04 Å². The minimum atomic E-state index is 0.144. The molecular formula is C15H26N2OS. The van der Waals surface area contributed by atoms with Crippen molar-refractivity contribution in [1.82, 2.24) is 10.6 Å². The molecule has 1 unspecified atom stereocenters. The molecule has 0 aromatic carbocycles. The van der Waals surface area contributed by atoms with E-state index in [0.29, 0.717) is 18.4 Å². The standard InChI is InChI=1S/C15H26N2OS/c1-11(2)15(13-7-6-10-19-13)17-14(18)8-5-9-16-12(3)4/h6-7,10-12,15-16H,5,8-9H2,1-4H3,(H,17,18). The summed E-state index contributed by atoms with van der Waals surface area (Å²) in [6.07, 6.45) is 1.48. The smallest absolute Gasteiger partial charge is 0.220 e. The monoisotopic (exact) mass is 282 g/mol. The molecule has 108 valence electrons. The van der Waals surface area contributed by atoms with E-state index in [4.69, 9.17) is 0 Å². The van der Waals surface area contributed by atoms with Gasteiger partial charge in [0.25, 0.3) is 0 Å². The molecule has 1 rings (SSSR count). The van der Waals surface area contributed by atoms with E-state index in [1.54, 1.807) is 11.3 Å². The minimum Gasteiger partial charge on any atom is -0.348 e. The average molecular weight is 282 g/mol. The van der Waals surface area contributed by atoms with Gasteiger partial charge in [-0.3, -0.25) is 4.79 Å². The minimum absolute atomic E-state index is 0.144. The molecule has 0 bridgehead atoms. The molecule has 0 radical (unpaired) electrons. The molecule has 1 aromatic heterocycles. The van der Waals surface area contributed by atoms with Gasteiger partial charge in [-0.05, 0) is 30.3 Å². The first-order chi connectivity index (χ1) is 9.00. The first kappa shape index (κ1) is 16.2. The lowest BCUT2D eigenvalue weighted by Crippen LogP contribution is -2.32. The highest BCUT2D eigenvalue weighted by Gasteiger charge is 2.18. The Morgan fingerprint density at radius 3 is 2.58 bits per heavy atom. The topological polar surface area (TPSA) is 41.1 Å². The number of hydrogen-bond donors (Lipinski definition) is 2. The second-order valence-corrected chi connectivity index (χ2v) is 6.50. The van der Waals surface area contributed by atoms with Crippen molar-refractivity contribution in [3.8, 4) is 0 Å². The molecule has 1 heterocycles. The zero-order valence-corrected chi connectivity index (χ0v) is 13.2. The molecule has 0 aliphatic rings. The van der Waals surface area contributed by atoms with Crippen molar-refractivity contribution in [2.24, 2.45) is 5.92 Å². The van der Waals surface area contributed by atoms with E-state index in [2.05, 4.69) is 49.8 Å². The molecule has 1 amide bonds. The van der Waals surface area contributed by atoms with Crippen LogP contribution in [0.4, 0.5) is 0 Å². The van der Waals surface area contributed by atoms with Gasteiger partial charge in [-0.15, -0.1) is 11.3 Å². The summed E-state index contributed by atoms with van der Waals surface area (Å²) >= 11 is 1.71. The summed E-state index contributed by atoms with van der Waals surface area (Å²) in [5, 5.41) is 8.54. The van der Waals surface area contributed by atoms with E-state index in [1.807, 2.05) is 6.07 Å². The number of thiophene rings is 1. The van der Waals surface area contributed by atoms with E-state index < -0.39 is 0 Å². The van der Waals surface area contributed by atoms with Crippen LogP contribution >= 0.6 is 11.3 Å². The fraction of sp³-hybridized carbons (Fsp3) is 0.667. The highest BCUT2D eigenvalue weighted by atomic mass is 32.1. The Morgan fingerprint density at radius 1 is 1.32 bits per heavy atom. The Labute approximate surface area is 120 Å². The van der Waals surface area contributed by atoms with Gasteiger partial charge < -0.3 is 10.6 Å². The molecule has 0 saturated carbocycles. The first-order valence-corrected chi connectivity index (χ1v) is 7.94. The van der Waals surface area contributed by atoms with Gasteiger partial charge >= 0.3 is 0 Å². The van der Waals surface area contributed by atoms with Crippen LogP contribution in [-0.4, -0.2) is 18.5 Å². The normalized spacial score (nSPS) is 12.9. The van der Waals surface area contributed by atoms with Gasteiger partial charge in [-0.1, -0.05) is 33.8 Å². The third kappa shape index (κ3) is 6.21. The molecule has 19 heavy (non-hydrogen) atoms. The van der Waals surface area contributed by atoms with Crippen LogP contribution in [0.1, 0.15) is 51.5 Å². The predicted octanol–water partition coefficient (Wildman–Crippen LogP) is 3.34. The molecule has 0 saturated heterocycles. The second kappa shape index (κ2) is 8.33. The number of rotatable bonds is 8. The van der Waals surface area contributed by atoms with E-state index in [9.17, 15) is 4.79 Å². The van der Waals surface area contributed by atoms with Crippen LogP contribution in [0.15, 0.2) is 17.5 Å². The number of hydrogen-bond acceptors (Lipinski definition) is 3. The van der Waals surface area contributed by atoms with Crippen molar-refractivity contribution in [1.29, 1.82) is 0 Å². The lowest BCUT2D eigenvalue weighted by atomic mass is 10.0. The summed E-state index contributed by atoms with van der Waals surface area (Å²) < 4.78 is 0. The van der Waals surface area contributed by atoms with Crippen LogP contribution in [0.2, 0.25) is 0 Å². The quantitative estimate of drug-likeness (QED) is 0.718. The zero-order chi connectivity index (χ0) is 14.3. The van der Waals surface area contributed by atoms with Crippen LogP contribution in [0, 0.1) is 5.92 Å². The second-order valence-electron chi connectivity index (χ2n) is 5.52. The molecule has 1 aromatic rings. The summed E-state index contributed by atoms with van der Waals surface area (Å²) in [5.74, 6) is 0.564. The Hall–Kier alpha value is -0.870. The van der Waals surface area contributed by atoms with Crippen molar-refractivity contribution in [3.63, 3.8) is 0 Å². The summed E-state index contributed by atoms with van der Waals surface area (Å²) in [7, 11) is 0. The fourth-order valence-electron chi connectivity index (χ4n) is 1.92. The van der Waals surface area contributed by atoms with Gasteiger partial charge in [0.2, 0.25) is 5.91 Å². The molecule has 0 aliphatic heterocycles. The molecule has 3 nitrogen and oxygen atoms in total. The van der Waals surface area contributed by atoms with Crippen LogP contribution < -0.4 is 10.6 Å². The summed E-state index contributed by atoms with van der Waals surface area (Å²) in [6, 6.07) is 4.76. The first-order valence-electron chi connectivity index (χ1n) is 7.07. The van der Waals surface area contributed by atoms with Gasteiger partial charge in [0, 0.05) is 17.3 Å². The highest BCUT2D eigenvalue weighted by Crippen LogP contribution is 2.25. The summed E-state index contributed by atoms with van der Waals surface area (Å²) in [5.41, 5.74) is 0. The lowest BCUT2D eigenvalue weighted by molar-refractivity contribution is -0.122. The van der Waals surface area contributed by atoms with Gasteiger partial charge in [-0.2, -0.15) is 0 Å². The van der Waals surface area contributed by atoms with Gasteiger partial charge in [-0.25, -0.2) is 0 Å². The maximum atomic E-state index is 12.0. The largest absolute Gasteiger partial charge is 0.348 e. The molecule has 1 atom stereocenters. The van der Waals surface area contributed by atoms with Gasteiger partial charge in [0.1, 0.15) is 0 Å². The Kier molecular flexibility index (Phi) is 7.10. The number of nitrogens with one attached hydrogen (secondary N) is 2. The fourth-order valence-corrected chi connectivity index (χ4v) is 2.87. The molecule has 0 spiro atoms. The van der Waals surface area contributed by atoms with Crippen LogP contribution in [0.25, 0.3) is 0 Å². The van der Waals surface area contributed by atoms with E-state index in [0.717, 1.165) is 13.0 Å². The molecule has 0 aliphatic carbocycles.